The average Bonchev–Trinajstić information content (AvgIpc) is 3.50. The van der Waals surface area contributed by atoms with Crippen molar-refractivity contribution in [3.63, 3.8) is 0 Å². The molecular weight excluding hydrogens is 320 g/mol. The molecule has 0 amide bonds. The van der Waals surface area contributed by atoms with Crippen LogP contribution in [0.4, 0.5) is 0 Å². The van der Waals surface area contributed by atoms with Crippen LogP contribution < -0.4 is 5.32 Å². The Morgan fingerprint density at radius 3 is 2.73 bits per heavy atom. The van der Waals surface area contributed by atoms with Crippen LogP contribution in [0.3, 0.4) is 0 Å². The molecule has 3 aliphatic rings. The van der Waals surface area contributed by atoms with Crippen molar-refractivity contribution in [1.82, 2.24) is 15.1 Å². The van der Waals surface area contributed by atoms with Gasteiger partial charge in [-0.3, -0.25) is 9.89 Å². The maximum Gasteiger partial charge on any atom is 0.193 e. The Hall–Kier alpha value is -1.55. The number of benzene rings is 1. The fraction of sp³-hybridized carbons (Fsp3) is 0.682. The van der Waals surface area contributed by atoms with Crippen molar-refractivity contribution in [2.45, 2.75) is 51.1 Å². The first-order valence-electron chi connectivity index (χ1n) is 10.6. The van der Waals surface area contributed by atoms with Gasteiger partial charge in [-0.25, -0.2) is 0 Å². The summed E-state index contributed by atoms with van der Waals surface area (Å²) in [5.74, 6) is 2.89. The predicted octanol–water partition coefficient (Wildman–Crippen LogP) is 3.35. The second kappa shape index (κ2) is 8.43. The highest BCUT2D eigenvalue weighted by atomic mass is 15.3. The molecule has 2 atom stereocenters. The van der Waals surface area contributed by atoms with Gasteiger partial charge >= 0.3 is 0 Å². The number of nitrogens with one attached hydrogen (secondary N) is 1. The summed E-state index contributed by atoms with van der Waals surface area (Å²) in [6.45, 7) is 5.75. The first kappa shape index (κ1) is 17.8. The molecule has 4 rings (SSSR count). The summed E-state index contributed by atoms with van der Waals surface area (Å²) in [5.41, 5.74) is 1.45. The summed E-state index contributed by atoms with van der Waals surface area (Å²) < 4.78 is 0. The van der Waals surface area contributed by atoms with Gasteiger partial charge in [0.05, 0.1) is 0 Å². The van der Waals surface area contributed by atoms with E-state index in [9.17, 15) is 0 Å². The first-order chi connectivity index (χ1) is 12.8. The van der Waals surface area contributed by atoms with Gasteiger partial charge in [-0.05, 0) is 49.6 Å². The van der Waals surface area contributed by atoms with Crippen LogP contribution >= 0.6 is 0 Å². The lowest BCUT2D eigenvalue weighted by molar-refractivity contribution is 0.0372. The highest BCUT2D eigenvalue weighted by Crippen LogP contribution is 2.33. The lowest BCUT2D eigenvalue weighted by atomic mass is 9.83. The number of piperidine rings is 2. The van der Waals surface area contributed by atoms with Crippen LogP contribution in [0.1, 0.15) is 44.1 Å². The Morgan fingerprint density at radius 1 is 1.12 bits per heavy atom. The molecule has 0 aromatic heterocycles. The number of hydrogen-bond acceptors (Lipinski definition) is 2. The van der Waals surface area contributed by atoms with E-state index in [1.165, 1.54) is 57.2 Å². The average molecular weight is 355 g/mol. The third-order valence-electron chi connectivity index (χ3n) is 6.46. The molecule has 1 aromatic carbocycles. The SMILES string of the molecule is CN=C(NCCC1CC1)N1CCC2C(CCCN2Cc2ccccc2)C1. The smallest absolute Gasteiger partial charge is 0.193 e. The molecule has 2 saturated heterocycles. The highest BCUT2D eigenvalue weighted by molar-refractivity contribution is 5.80. The Labute approximate surface area is 158 Å². The molecule has 0 spiro atoms. The van der Waals surface area contributed by atoms with Crippen LogP contribution in [0.15, 0.2) is 35.3 Å². The Bertz CT molecular complexity index is 595. The van der Waals surface area contributed by atoms with E-state index >= 15 is 0 Å². The normalized spacial score (nSPS) is 27.3. The highest BCUT2D eigenvalue weighted by Gasteiger charge is 2.36. The Balaban J connectivity index is 1.32. The molecular formula is C22H34N4. The fourth-order valence-corrected chi connectivity index (χ4v) is 4.84. The van der Waals surface area contributed by atoms with Crippen LogP contribution in [0.5, 0.6) is 0 Å². The van der Waals surface area contributed by atoms with Crippen LogP contribution in [-0.2, 0) is 6.54 Å². The van der Waals surface area contributed by atoms with Crippen molar-refractivity contribution in [1.29, 1.82) is 0 Å². The van der Waals surface area contributed by atoms with Crippen molar-refractivity contribution in [2.75, 3.05) is 33.2 Å². The Morgan fingerprint density at radius 2 is 1.96 bits per heavy atom. The lowest BCUT2D eigenvalue weighted by Gasteiger charge is -2.48. The van der Waals surface area contributed by atoms with Gasteiger partial charge in [0.15, 0.2) is 5.96 Å². The zero-order valence-electron chi connectivity index (χ0n) is 16.2. The van der Waals surface area contributed by atoms with Gasteiger partial charge in [-0.1, -0.05) is 43.2 Å². The number of fused-ring (bicyclic) bond motifs is 1. The minimum absolute atomic E-state index is 0.741. The summed E-state index contributed by atoms with van der Waals surface area (Å²) in [6.07, 6.45) is 8.14. The number of rotatable bonds is 5. The molecule has 1 aliphatic carbocycles. The molecule has 2 heterocycles. The van der Waals surface area contributed by atoms with E-state index in [0.717, 1.165) is 43.5 Å². The number of likely N-dealkylation sites (tertiary alicyclic amines) is 2. The van der Waals surface area contributed by atoms with Crippen LogP contribution in [0, 0.1) is 11.8 Å². The zero-order chi connectivity index (χ0) is 17.8. The van der Waals surface area contributed by atoms with Crippen molar-refractivity contribution < 1.29 is 0 Å². The third-order valence-corrected chi connectivity index (χ3v) is 6.46. The van der Waals surface area contributed by atoms with Crippen LogP contribution in [-0.4, -0.2) is 55.0 Å². The molecule has 1 saturated carbocycles. The summed E-state index contributed by atoms with van der Waals surface area (Å²) in [7, 11) is 1.94. The van der Waals surface area contributed by atoms with E-state index in [0.29, 0.717) is 0 Å². The summed E-state index contributed by atoms with van der Waals surface area (Å²) in [4.78, 5) is 9.83. The van der Waals surface area contributed by atoms with E-state index in [1.807, 2.05) is 7.05 Å². The van der Waals surface area contributed by atoms with E-state index in [-0.39, 0.29) is 0 Å². The fourth-order valence-electron chi connectivity index (χ4n) is 4.84. The second-order valence-corrected chi connectivity index (χ2v) is 8.37. The molecule has 0 bridgehead atoms. The van der Waals surface area contributed by atoms with Gasteiger partial charge in [0.25, 0.3) is 0 Å². The largest absolute Gasteiger partial charge is 0.356 e. The number of guanidine groups is 1. The Kier molecular flexibility index (Phi) is 5.78. The van der Waals surface area contributed by atoms with Crippen molar-refractivity contribution in [3.8, 4) is 0 Å². The molecule has 0 radical (unpaired) electrons. The topological polar surface area (TPSA) is 30.9 Å². The van der Waals surface area contributed by atoms with E-state index in [1.54, 1.807) is 0 Å². The van der Waals surface area contributed by atoms with Gasteiger partial charge in [-0.2, -0.15) is 0 Å². The lowest BCUT2D eigenvalue weighted by Crippen LogP contribution is -2.56. The van der Waals surface area contributed by atoms with Gasteiger partial charge in [-0.15, -0.1) is 0 Å². The molecule has 142 valence electrons. The first-order valence-corrected chi connectivity index (χ1v) is 10.6. The summed E-state index contributed by atoms with van der Waals surface area (Å²) in [6, 6.07) is 11.7. The number of nitrogens with zero attached hydrogens (tertiary/aromatic N) is 3. The molecule has 4 nitrogen and oxygen atoms in total. The molecule has 26 heavy (non-hydrogen) atoms. The zero-order valence-corrected chi connectivity index (χ0v) is 16.2. The second-order valence-electron chi connectivity index (χ2n) is 8.37. The van der Waals surface area contributed by atoms with Gasteiger partial charge in [0.2, 0.25) is 0 Å². The van der Waals surface area contributed by atoms with E-state index in [4.69, 9.17) is 0 Å². The maximum absolute atomic E-state index is 4.57. The van der Waals surface area contributed by atoms with Crippen molar-refractivity contribution in [3.05, 3.63) is 35.9 Å². The monoisotopic (exact) mass is 354 g/mol. The molecule has 2 aliphatic heterocycles. The van der Waals surface area contributed by atoms with Gasteiger partial charge < -0.3 is 10.2 Å². The summed E-state index contributed by atoms with van der Waals surface area (Å²) in [5, 5.41) is 3.62. The van der Waals surface area contributed by atoms with Gasteiger partial charge in [0, 0.05) is 39.3 Å². The molecule has 2 unspecified atom stereocenters. The molecule has 3 fully saturated rings. The van der Waals surface area contributed by atoms with Crippen LogP contribution in [0.2, 0.25) is 0 Å². The van der Waals surface area contributed by atoms with E-state index in [2.05, 4.69) is 50.4 Å². The van der Waals surface area contributed by atoms with Crippen molar-refractivity contribution >= 4 is 5.96 Å². The minimum Gasteiger partial charge on any atom is -0.356 e. The molecule has 1 N–H and O–H groups in total. The van der Waals surface area contributed by atoms with Crippen LogP contribution in [0.25, 0.3) is 0 Å². The number of hydrogen-bond donors (Lipinski definition) is 1. The number of aliphatic imine (C=N–C) groups is 1. The predicted molar refractivity (Wildman–Crippen MR) is 108 cm³/mol. The standard InChI is InChI=1S/C22H34N4/c1-23-22(24-13-11-18-9-10-18)26-15-12-21-20(17-26)8-5-14-25(21)16-19-6-3-2-4-7-19/h2-4,6-7,18,20-21H,5,8-17H2,1H3,(H,23,24). The quantitative estimate of drug-likeness (QED) is 0.650. The minimum atomic E-state index is 0.741. The molecule has 4 heteroatoms. The third kappa shape index (κ3) is 4.40. The van der Waals surface area contributed by atoms with Crippen molar-refractivity contribution in [2.24, 2.45) is 16.8 Å². The maximum atomic E-state index is 4.57. The summed E-state index contributed by atoms with van der Waals surface area (Å²) >= 11 is 0. The molecule has 1 aromatic rings. The van der Waals surface area contributed by atoms with Gasteiger partial charge in [0.1, 0.15) is 0 Å². The van der Waals surface area contributed by atoms with E-state index < -0.39 is 0 Å².